The number of carbonyl (C=O) groups is 2. The summed E-state index contributed by atoms with van der Waals surface area (Å²) in [6, 6.07) is 40.1. The Morgan fingerprint density at radius 1 is 0.611 bits per heavy atom. The first-order valence-electron chi connectivity index (χ1n) is 16.8. The van der Waals surface area contributed by atoms with Gasteiger partial charge >= 0.3 is 0 Å². The average Bonchev–Trinajstić information content (AvgIpc) is 3.80. The lowest BCUT2D eigenvalue weighted by Crippen LogP contribution is -2.11. The summed E-state index contributed by atoms with van der Waals surface area (Å²) in [6.07, 6.45) is 0. The van der Waals surface area contributed by atoms with Crippen molar-refractivity contribution in [3.05, 3.63) is 166 Å². The van der Waals surface area contributed by atoms with Gasteiger partial charge in [0.05, 0.1) is 25.4 Å². The summed E-state index contributed by atoms with van der Waals surface area (Å²) in [5, 5.41) is 18.4. The Hall–Kier alpha value is -6.76. The summed E-state index contributed by atoms with van der Waals surface area (Å²) in [7, 11) is 0. The van der Waals surface area contributed by atoms with Crippen LogP contribution in [-0.4, -0.2) is 26.7 Å². The van der Waals surface area contributed by atoms with Crippen LogP contribution in [0.4, 0.5) is 22.7 Å². The van der Waals surface area contributed by atoms with Crippen molar-refractivity contribution in [1.29, 1.82) is 0 Å². The Bertz CT molecular complexity index is 2670. The number of carbonyl (C=O) groups excluding carboxylic acids is 2. The molecule has 0 saturated carbocycles. The van der Waals surface area contributed by atoms with Crippen LogP contribution >= 0.6 is 22.7 Å². The van der Waals surface area contributed by atoms with Gasteiger partial charge in [0, 0.05) is 51.4 Å². The maximum atomic E-state index is 12.3. The van der Waals surface area contributed by atoms with Crippen LogP contribution in [0.15, 0.2) is 133 Å². The Morgan fingerprint density at radius 2 is 1.07 bits per heavy atom. The lowest BCUT2D eigenvalue weighted by Gasteiger charge is -2.06. The number of nitro groups is 1. The fraction of sp³-hybridized carbons (Fsp3) is 0.0476. The number of rotatable bonds is 7. The van der Waals surface area contributed by atoms with E-state index in [-0.39, 0.29) is 17.2 Å². The Balaban J connectivity index is 0.000000167. The summed E-state index contributed by atoms with van der Waals surface area (Å²) in [6.45, 7) is 4.13. The van der Waals surface area contributed by atoms with Crippen LogP contribution < -0.4 is 16.4 Å². The summed E-state index contributed by atoms with van der Waals surface area (Å²) >= 11 is 3.29. The van der Waals surface area contributed by atoms with Gasteiger partial charge in [0.15, 0.2) is 0 Å². The average molecular weight is 749 g/mol. The molecule has 0 aliphatic heterocycles. The molecular weight excluding hydrogens is 717 g/mol. The van der Waals surface area contributed by atoms with E-state index < -0.39 is 10.8 Å². The second kappa shape index (κ2) is 15.5. The van der Waals surface area contributed by atoms with Crippen molar-refractivity contribution >= 4 is 77.7 Å². The molecule has 8 rings (SSSR count). The molecule has 6 aromatic carbocycles. The molecule has 0 radical (unpaired) electrons. The number of thiazole rings is 2. The number of aryl methyl sites for hydroxylation is 2. The lowest BCUT2D eigenvalue weighted by molar-refractivity contribution is -0.384. The first-order valence-corrected chi connectivity index (χ1v) is 18.4. The van der Waals surface area contributed by atoms with Gasteiger partial charge in [0.2, 0.25) is 0 Å². The molecule has 0 atom stereocenters. The molecular formula is C42H32N6O4S2. The maximum Gasteiger partial charge on any atom is 0.270 e. The smallest absolute Gasteiger partial charge is 0.270 e. The van der Waals surface area contributed by atoms with Crippen molar-refractivity contribution < 1.29 is 14.5 Å². The number of nitrogens with one attached hydrogen (secondary N) is 2. The van der Waals surface area contributed by atoms with E-state index in [9.17, 15) is 19.7 Å². The molecule has 8 aromatic rings. The molecule has 0 unspecified atom stereocenters. The molecule has 0 aliphatic rings. The number of nitrogen functional groups attached to an aromatic ring is 1. The molecule has 0 saturated heterocycles. The van der Waals surface area contributed by atoms with E-state index in [1.165, 1.54) is 34.0 Å². The van der Waals surface area contributed by atoms with Gasteiger partial charge in [-0.3, -0.25) is 19.7 Å². The maximum absolute atomic E-state index is 12.3. The van der Waals surface area contributed by atoms with Crippen molar-refractivity contribution in [3.63, 3.8) is 0 Å². The molecule has 2 aromatic heterocycles. The highest BCUT2D eigenvalue weighted by Gasteiger charge is 2.13. The van der Waals surface area contributed by atoms with Crippen LogP contribution in [0.25, 0.3) is 41.6 Å². The summed E-state index contributed by atoms with van der Waals surface area (Å²) in [5.74, 6) is -0.576. The highest BCUT2D eigenvalue weighted by molar-refractivity contribution is 7.22. The van der Waals surface area contributed by atoms with Gasteiger partial charge in [-0.25, -0.2) is 9.97 Å². The quantitative estimate of drug-likeness (QED) is 0.0833. The second-order valence-electron chi connectivity index (χ2n) is 12.5. The van der Waals surface area contributed by atoms with E-state index in [4.69, 9.17) is 5.73 Å². The van der Waals surface area contributed by atoms with Crippen molar-refractivity contribution in [2.75, 3.05) is 16.4 Å². The normalized spacial score (nSPS) is 10.8. The second-order valence-corrected chi connectivity index (χ2v) is 14.5. The van der Waals surface area contributed by atoms with Crippen LogP contribution in [0, 0.1) is 24.0 Å². The van der Waals surface area contributed by atoms with Gasteiger partial charge in [-0.2, -0.15) is 0 Å². The molecule has 266 valence electrons. The molecule has 10 nitrogen and oxygen atoms in total. The third-order valence-electron chi connectivity index (χ3n) is 8.34. The van der Waals surface area contributed by atoms with E-state index in [0.29, 0.717) is 16.9 Å². The fourth-order valence-corrected chi connectivity index (χ4v) is 7.69. The van der Waals surface area contributed by atoms with Crippen LogP contribution in [0.3, 0.4) is 0 Å². The van der Waals surface area contributed by atoms with E-state index in [1.807, 2.05) is 54.6 Å². The highest BCUT2D eigenvalue weighted by atomic mass is 32.1. The van der Waals surface area contributed by atoms with E-state index in [1.54, 1.807) is 65.1 Å². The standard InChI is InChI=1S/C21H15N3O3S.C21H17N3OS/c1-13-5-10-18-19(11-13)28-21(23-18)14-6-8-16(9-7-14)22-20(25)15-3-2-4-17(12-15)24(26)27;1-13-5-10-18-19(11-13)26-21(24-18)14-6-8-17(9-7-14)23-20(25)15-3-2-4-16(22)12-15/h2-12H,1H3,(H,22,25);2-12H,22H2,1H3,(H,23,25). The van der Waals surface area contributed by atoms with Crippen molar-refractivity contribution in [1.82, 2.24) is 9.97 Å². The first-order chi connectivity index (χ1) is 26.1. The van der Waals surface area contributed by atoms with Gasteiger partial charge in [-0.05, 0) is 122 Å². The zero-order valence-electron chi connectivity index (χ0n) is 29.1. The van der Waals surface area contributed by atoms with Crippen LogP contribution in [0.2, 0.25) is 0 Å². The number of hydrogen-bond acceptors (Lipinski definition) is 9. The molecule has 2 heterocycles. The third-order valence-corrected chi connectivity index (χ3v) is 10.5. The van der Waals surface area contributed by atoms with Crippen LogP contribution in [0.1, 0.15) is 31.8 Å². The molecule has 0 bridgehead atoms. The molecule has 54 heavy (non-hydrogen) atoms. The van der Waals surface area contributed by atoms with Gasteiger partial charge < -0.3 is 16.4 Å². The molecule has 0 aliphatic carbocycles. The minimum atomic E-state index is -0.523. The van der Waals surface area contributed by atoms with Gasteiger partial charge in [-0.1, -0.05) is 24.3 Å². The van der Waals surface area contributed by atoms with Gasteiger partial charge in [-0.15, -0.1) is 22.7 Å². The number of benzene rings is 6. The zero-order chi connectivity index (χ0) is 37.8. The largest absolute Gasteiger partial charge is 0.399 e. The summed E-state index contributed by atoms with van der Waals surface area (Å²) < 4.78 is 2.32. The monoisotopic (exact) mass is 748 g/mol. The van der Waals surface area contributed by atoms with E-state index in [0.717, 1.165) is 42.6 Å². The number of anilines is 3. The Kier molecular flexibility index (Phi) is 10.2. The number of aromatic nitrogens is 2. The zero-order valence-corrected chi connectivity index (χ0v) is 30.7. The Morgan fingerprint density at radius 3 is 1.54 bits per heavy atom. The number of non-ortho nitro benzene ring substituents is 1. The minimum Gasteiger partial charge on any atom is -0.399 e. The topological polar surface area (TPSA) is 153 Å². The molecule has 4 N–H and O–H groups in total. The number of fused-ring (bicyclic) bond motifs is 2. The first kappa shape index (κ1) is 35.6. The van der Waals surface area contributed by atoms with Crippen LogP contribution in [0.5, 0.6) is 0 Å². The van der Waals surface area contributed by atoms with Crippen molar-refractivity contribution in [2.24, 2.45) is 0 Å². The SMILES string of the molecule is Cc1ccc2nc(-c3ccc(NC(=O)c4cccc(N)c4)cc3)sc2c1.Cc1ccc2nc(-c3ccc(NC(=O)c4cccc([N+](=O)[O-])c4)cc3)sc2c1. The molecule has 0 fully saturated rings. The summed E-state index contributed by atoms with van der Waals surface area (Å²) in [5.41, 5.74) is 14.7. The fourth-order valence-electron chi connectivity index (χ4n) is 5.55. The van der Waals surface area contributed by atoms with Crippen molar-refractivity contribution in [2.45, 2.75) is 13.8 Å². The molecule has 0 spiro atoms. The highest BCUT2D eigenvalue weighted by Crippen LogP contribution is 2.33. The number of amides is 2. The number of hydrogen-bond donors (Lipinski definition) is 3. The number of nitrogens with two attached hydrogens (primary N) is 1. The summed E-state index contributed by atoms with van der Waals surface area (Å²) in [4.78, 5) is 44.3. The minimum absolute atomic E-state index is 0.117. The van der Waals surface area contributed by atoms with Gasteiger partial charge in [0.25, 0.3) is 17.5 Å². The molecule has 2 amide bonds. The van der Waals surface area contributed by atoms with E-state index >= 15 is 0 Å². The predicted molar refractivity (Wildman–Crippen MR) is 219 cm³/mol. The lowest BCUT2D eigenvalue weighted by atomic mass is 10.1. The van der Waals surface area contributed by atoms with E-state index in [2.05, 4.69) is 52.6 Å². The van der Waals surface area contributed by atoms with Crippen molar-refractivity contribution in [3.8, 4) is 21.1 Å². The Labute approximate surface area is 318 Å². The number of nitrogens with zero attached hydrogens (tertiary/aromatic N) is 3. The predicted octanol–water partition coefficient (Wildman–Crippen LogP) is 10.5. The number of nitro benzene ring substituents is 1. The van der Waals surface area contributed by atoms with Crippen LogP contribution in [-0.2, 0) is 0 Å². The molecule has 12 heteroatoms. The third kappa shape index (κ3) is 8.31. The van der Waals surface area contributed by atoms with Gasteiger partial charge in [0.1, 0.15) is 10.0 Å².